The van der Waals surface area contributed by atoms with Crippen molar-refractivity contribution < 1.29 is 4.74 Å². The maximum atomic E-state index is 6.07. The highest BCUT2D eigenvalue weighted by molar-refractivity contribution is 7.98. The van der Waals surface area contributed by atoms with Crippen LogP contribution in [0.4, 0.5) is 0 Å². The number of hydrogen-bond acceptors (Lipinski definition) is 3. The molecule has 1 fully saturated rings. The minimum Gasteiger partial charge on any atom is -0.373 e. The molecule has 0 saturated carbocycles. The molecule has 2 rings (SSSR count). The van der Waals surface area contributed by atoms with Crippen LogP contribution in [0.2, 0.25) is 0 Å². The van der Waals surface area contributed by atoms with Crippen LogP contribution in [0.25, 0.3) is 0 Å². The highest BCUT2D eigenvalue weighted by Gasteiger charge is 2.27. The molecule has 4 nitrogen and oxygen atoms in total. The zero-order chi connectivity index (χ0) is 17.0. The molecule has 24 heavy (non-hydrogen) atoms. The van der Waals surface area contributed by atoms with Gasteiger partial charge in [-0.3, -0.25) is 4.99 Å². The van der Waals surface area contributed by atoms with Gasteiger partial charge in [0.25, 0.3) is 0 Å². The van der Waals surface area contributed by atoms with Gasteiger partial charge in [-0.2, -0.15) is 11.8 Å². The third-order valence-corrected chi connectivity index (χ3v) is 5.09. The lowest BCUT2D eigenvalue weighted by Gasteiger charge is -2.32. The average Bonchev–Trinajstić information content (AvgIpc) is 2.65. The number of guanidine groups is 1. The molecule has 1 aromatic carbocycles. The van der Waals surface area contributed by atoms with Gasteiger partial charge < -0.3 is 15.4 Å². The Hall–Kier alpha value is -1.20. The predicted octanol–water partition coefficient (Wildman–Crippen LogP) is 3.46. The summed E-state index contributed by atoms with van der Waals surface area (Å²) in [4.78, 5) is 4.34. The third-order valence-electron chi connectivity index (χ3n) is 4.40. The summed E-state index contributed by atoms with van der Waals surface area (Å²) in [7, 11) is 1.84. The van der Waals surface area contributed by atoms with Crippen molar-refractivity contribution in [2.24, 2.45) is 10.9 Å². The van der Waals surface area contributed by atoms with E-state index in [-0.39, 0.29) is 6.10 Å². The molecule has 1 saturated heterocycles. The van der Waals surface area contributed by atoms with E-state index in [1.807, 2.05) is 18.8 Å². The molecule has 134 valence electrons. The lowest BCUT2D eigenvalue weighted by Crippen LogP contribution is -2.42. The van der Waals surface area contributed by atoms with Gasteiger partial charge >= 0.3 is 0 Å². The molecule has 1 aliphatic heterocycles. The first-order valence-electron chi connectivity index (χ1n) is 8.95. The summed E-state index contributed by atoms with van der Waals surface area (Å²) in [6, 6.07) is 10.6. The van der Waals surface area contributed by atoms with Crippen LogP contribution >= 0.6 is 11.8 Å². The fraction of sp³-hybridized carbons (Fsp3) is 0.632. The number of aliphatic imine (C=N–C) groups is 1. The molecule has 2 unspecified atom stereocenters. The summed E-state index contributed by atoms with van der Waals surface area (Å²) in [5, 5.41) is 6.89. The molecule has 1 heterocycles. The van der Waals surface area contributed by atoms with Crippen LogP contribution in [0.3, 0.4) is 0 Å². The van der Waals surface area contributed by atoms with Crippen molar-refractivity contribution in [3.8, 4) is 0 Å². The number of rotatable bonds is 8. The first-order chi connectivity index (χ1) is 11.8. The van der Waals surface area contributed by atoms with Crippen molar-refractivity contribution in [1.29, 1.82) is 0 Å². The fourth-order valence-electron chi connectivity index (χ4n) is 3.09. The monoisotopic (exact) mass is 349 g/mol. The standard InChI is InChI=1S/C19H31N3OS/c1-20-19(21-12-6-7-14-24-2)22-15-17-11-8-13-23-18(17)16-9-4-3-5-10-16/h3-5,9-10,17-18H,6-8,11-15H2,1-2H3,(H2,20,21,22). The van der Waals surface area contributed by atoms with E-state index in [4.69, 9.17) is 4.74 Å². The minimum atomic E-state index is 0.187. The van der Waals surface area contributed by atoms with E-state index in [2.05, 4.69) is 52.2 Å². The Balaban J connectivity index is 1.79. The van der Waals surface area contributed by atoms with Gasteiger partial charge in [0.2, 0.25) is 0 Å². The summed E-state index contributed by atoms with van der Waals surface area (Å²) in [6.45, 7) is 2.73. The van der Waals surface area contributed by atoms with Crippen LogP contribution in [0.5, 0.6) is 0 Å². The number of hydrogen-bond donors (Lipinski definition) is 2. The zero-order valence-electron chi connectivity index (χ0n) is 15.0. The number of unbranched alkanes of at least 4 members (excludes halogenated alkanes) is 1. The first kappa shape index (κ1) is 19.1. The number of thioether (sulfide) groups is 1. The summed E-state index contributed by atoms with van der Waals surface area (Å²) >= 11 is 1.91. The highest BCUT2D eigenvalue weighted by atomic mass is 32.2. The summed E-state index contributed by atoms with van der Waals surface area (Å²) in [6.07, 6.45) is 7.10. The van der Waals surface area contributed by atoms with E-state index in [1.165, 1.54) is 30.6 Å². The topological polar surface area (TPSA) is 45.7 Å². The minimum absolute atomic E-state index is 0.187. The van der Waals surface area contributed by atoms with E-state index in [1.54, 1.807) is 0 Å². The van der Waals surface area contributed by atoms with E-state index < -0.39 is 0 Å². The molecule has 0 radical (unpaired) electrons. The lowest BCUT2D eigenvalue weighted by atomic mass is 9.89. The number of nitrogens with one attached hydrogen (secondary N) is 2. The number of ether oxygens (including phenoxy) is 1. The Bertz CT molecular complexity index is 481. The maximum absolute atomic E-state index is 6.07. The third kappa shape index (κ3) is 6.36. The van der Waals surface area contributed by atoms with Gasteiger partial charge in [-0.25, -0.2) is 0 Å². The largest absolute Gasteiger partial charge is 0.373 e. The van der Waals surface area contributed by atoms with Gasteiger partial charge in [-0.1, -0.05) is 30.3 Å². The summed E-state index contributed by atoms with van der Waals surface area (Å²) in [5.41, 5.74) is 1.28. The Morgan fingerprint density at radius 2 is 2.08 bits per heavy atom. The van der Waals surface area contributed by atoms with Crippen LogP contribution in [-0.4, -0.2) is 44.7 Å². The Labute approximate surface area is 150 Å². The van der Waals surface area contributed by atoms with Crippen molar-refractivity contribution in [3.05, 3.63) is 35.9 Å². The second-order valence-corrected chi connectivity index (χ2v) is 7.17. The molecule has 0 aliphatic carbocycles. The summed E-state index contributed by atoms with van der Waals surface area (Å²) in [5.74, 6) is 2.61. The molecule has 2 atom stereocenters. The Kier molecular flexibility index (Phi) is 9.06. The van der Waals surface area contributed by atoms with Crippen LogP contribution in [-0.2, 0) is 4.74 Å². The van der Waals surface area contributed by atoms with Crippen molar-refractivity contribution in [3.63, 3.8) is 0 Å². The van der Waals surface area contributed by atoms with Gasteiger partial charge in [0.15, 0.2) is 5.96 Å². The van der Waals surface area contributed by atoms with Crippen LogP contribution in [0.15, 0.2) is 35.3 Å². The molecule has 0 bridgehead atoms. The van der Waals surface area contributed by atoms with Gasteiger partial charge in [0.1, 0.15) is 0 Å². The average molecular weight is 350 g/mol. The smallest absolute Gasteiger partial charge is 0.190 e. The van der Waals surface area contributed by atoms with Crippen LogP contribution in [0, 0.1) is 5.92 Å². The quantitative estimate of drug-likeness (QED) is 0.429. The SMILES string of the molecule is CN=C(NCCCCSC)NCC1CCCOC1c1ccccc1. The van der Waals surface area contributed by atoms with Crippen molar-refractivity contribution >= 4 is 17.7 Å². The van der Waals surface area contributed by atoms with Gasteiger partial charge in [0, 0.05) is 32.7 Å². The van der Waals surface area contributed by atoms with E-state index in [0.717, 1.165) is 32.1 Å². The molecule has 0 spiro atoms. The van der Waals surface area contributed by atoms with E-state index >= 15 is 0 Å². The molecule has 0 aromatic heterocycles. The molecule has 2 N–H and O–H groups in total. The zero-order valence-corrected chi connectivity index (χ0v) is 15.8. The highest BCUT2D eigenvalue weighted by Crippen LogP contribution is 2.32. The number of nitrogens with zero attached hydrogens (tertiary/aromatic N) is 1. The van der Waals surface area contributed by atoms with E-state index in [9.17, 15) is 0 Å². The second kappa shape index (κ2) is 11.4. The normalized spacial score (nSPS) is 21.5. The molecule has 1 aliphatic rings. The first-order valence-corrected chi connectivity index (χ1v) is 10.3. The molecule has 5 heteroatoms. The fourth-order valence-corrected chi connectivity index (χ4v) is 3.58. The van der Waals surface area contributed by atoms with E-state index in [0.29, 0.717) is 5.92 Å². The maximum Gasteiger partial charge on any atom is 0.190 e. The summed E-state index contributed by atoms with van der Waals surface area (Å²) < 4.78 is 6.07. The van der Waals surface area contributed by atoms with Crippen molar-refractivity contribution in [1.82, 2.24) is 10.6 Å². The second-order valence-electron chi connectivity index (χ2n) is 6.18. The Morgan fingerprint density at radius 1 is 1.25 bits per heavy atom. The van der Waals surface area contributed by atoms with Crippen LogP contribution < -0.4 is 10.6 Å². The van der Waals surface area contributed by atoms with Gasteiger partial charge in [0.05, 0.1) is 6.10 Å². The van der Waals surface area contributed by atoms with Crippen LogP contribution in [0.1, 0.15) is 37.4 Å². The van der Waals surface area contributed by atoms with Gasteiger partial charge in [-0.15, -0.1) is 0 Å². The Morgan fingerprint density at radius 3 is 2.83 bits per heavy atom. The predicted molar refractivity (Wildman–Crippen MR) is 105 cm³/mol. The number of benzene rings is 1. The van der Waals surface area contributed by atoms with Crippen molar-refractivity contribution in [2.75, 3.05) is 38.8 Å². The van der Waals surface area contributed by atoms with Crippen molar-refractivity contribution in [2.45, 2.75) is 31.8 Å². The lowest BCUT2D eigenvalue weighted by molar-refractivity contribution is -0.0265. The molecule has 0 amide bonds. The molecular weight excluding hydrogens is 318 g/mol. The van der Waals surface area contributed by atoms with Gasteiger partial charge in [-0.05, 0) is 43.3 Å². The molecular formula is C19H31N3OS. The molecule has 1 aromatic rings.